The second-order valence-corrected chi connectivity index (χ2v) is 36.9. The number of nitrogens with zero attached hydrogens (tertiary/aromatic N) is 7. The number of nitrogens with one attached hydrogen (secondary N) is 4. The summed E-state index contributed by atoms with van der Waals surface area (Å²) in [6, 6.07) is 4.01. The number of nitrogens with two attached hydrogens (primary N) is 6. The molecule has 1 rings (SSSR count). The van der Waals surface area contributed by atoms with Gasteiger partial charge in [-0.3, -0.25) is 34.0 Å². The average molecular weight is 1460 g/mol. The Bertz CT molecular complexity index is 3230. The lowest BCUT2D eigenvalue weighted by molar-refractivity contribution is -0.123. The van der Waals surface area contributed by atoms with Crippen molar-refractivity contribution in [3.8, 4) is 0 Å². The molecule has 1 aromatic rings. The molecule has 0 aliphatic rings. The largest absolute Gasteiger partial charge is 0.370 e. The molecule has 0 fully saturated rings. The Morgan fingerprint density at radius 2 is 0.781 bits per heavy atom. The van der Waals surface area contributed by atoms with Crippen molar-refractivity contribution in [2.24, 2.45) is 79.9 Å². The molecule has 1 aromatic carbocycles. The van der Waals surface area contributed by atoms with Gasteiger partial charge in [-0.05, 0) is 86.0 Å². The van der Waals surface area contributed by atoms with Crippen LogP contribution in [0.1, 0.15) is 127 Å². The summed E-state index contributed by atoms with van der Waals surface area (Å²) < 4.78 is 144. The fraction of sp³-hybridized carbons (Fsp3) is 0.780. The minimum Gasteiger partial charge on any atom is -0.370 e. The van der Waals surface area contributed by atoms with E-state index in [0.29, 0.717) is 12.0 Å². The van der Waals surface area contributed by atoms with Crippen LogP contribution >= 0.6 is 0 Å². The Morgan fingerprint density at radius 3 is 1.12 bits per heavy atom. The summed E-state index contributed by atoms with van der Waals surface area (Å²) in [5, 5.41) is 11.0. The topological polar surface area (TPSA) is 501 Å². The molecule has 0 aliphatic carbocycles. The van der Waals surface area contributed by atoms with E-state index >= 15 is 0 Å². The van der Waals surface area contributed by atoms with Gasteiger partial charge >= 0.3 is 0 Å². The highest BCUT2D eigenvalue weighted by Gasteiger charge is 2.36. The van der Waals surface area contributed by atoms with Crippen molar-refractivity contribution in [1.29, 1.82) is 0 Å². The van der Waals surface area contributed by atoms with Crippen LogP contribution in [0.5, 0.6) is 0 Å². The summed E-state index contributed by atoms with van der Waals surface area (Å²) in [6.45, 7) is 13.7. The van der Waals surface area contributed by atoms with E-state index in [2.05, 4.69) is 31.3 Å². The monoisotopic (exact) mass is 1460 g/mol. The summed E-state index contributed by atoms with van der Waals surface area (Å²) in [7, 11) is -21.3. The smallest absolute Gasteiger partial charge is 0.235 e. The molecule has 0 bridgehead atoms. The van der Waals surface area contributed by atoms with Gasteiger partial charge in [0, 0.05) is 76.5 Å². The van der Waals surface area contributed by atoms with Gasteiger partial charge in [0.15, 0.2) is 11.9 Å². The number of benzene rings is 1. The van der Waals surface area contributed by atoms with Crippen molar-refractivity contribution in [3.63, 3.8) is 0 Å². The Labute approximate surface area is 572 Å². The molecule has 37 heteroatoms. The molecule has 5 atom stereocenters. The minimum atomic E-state index is -4.36. The predicted molar refractivity (Wildman–Crippen MR) is 376 cm³/mol. The van der Waals surface area contributed by atoms with E-state index in [1.165, 1.54) is 0 Å². The van der Waals surface area contributed by atoms with E-state index in [-0.39, 0.29) is 107 Å². The first-order valence-electron chi connectivity index (χ1n) is 32.4. The van der Waals surface area contributed by atoms with Crippen LogP contribution in [0, 0.1) is 35.5 Å². The van der Waals surface area contributed by atoms with Crippen molar-refractivity contribution < 1.29 is 66.1 Å². The molecule has 0 saturated heterocycles. The van der Waals surface area contributed by atoms with Crippen LogP contribution < -0.4 is 55.7 Å². The van der Waals surface area contributed by atoms with Gasteiger partial charge in [-0.2, -0.15) is 21.5 Å². The van der Waals surface area contributed by atoms with Crippen molar-refractivity contribution in [3.05, 3.63) is 35.9 Å². The number of aliphatic imine (C=N–C) groups is 2. The molecule has 0 unspecified atom stereocenters. The van der Waals surface area contributed by atoms with E-state index in [1.807, 2.05) is 34.6 Å². The van der Waals surface area contributed by atoms with E-state index in [0.717, 1.165) is 27.8 Å². The summed E-state index contributed by atoms with van der Waals surface area (Å²) >= 11 is 0. The first-order valence-corrected chi connectivity index (χ1v) is 40.7. The predicted octanol–water partition coefficient (Wildman–Crippen LogP) is -1.45. The average Bonchev–Trinajstić information content (AvgIpc) is 0.857. The van der Waals surface area contributed by atoms with Crippen LogP contribution in [0.4, 0.5) is 0 Å². The highest BCUT2D eigenvalue weighted by molar-refractivity contribution is 7.90. The molecule has 0 aliphatic heterocycles. The van der Waals surface area contributed by atoms with Gasteiger partial charge in [-0.25, -0.2) is 42.1 Å². The first-order chi connectivity index (χ1) is 44.2. The number of hydrogen-bond acceptors (Lipinski definition) is 18. The van der Waals surface area contributed by atoms with Crippen LogP contribution in [0.15, 0.2) is 40.3 Å². The zero-order chi connectivity index (χ0) is 73.5. The molecule has 0 spiro atoms. The third-order valence-corrected chi connectivity index (χ3v) is 23.5. The Hall–Kier alpha value is -5.38. The molecule has 96 heavy (non-hydrogen) atoms. The van der Waals surface area contributed by atoms with E-state index in [4.69, 9.17) is 34.4 Å². The summed E-state index contributed by atoms with van der Waals surface area (Å²) in [6.07, 6.45) is 2.10. The zero-order valence-corrected chi connectivity index (χ0v) is 62.5. The lowest BCUT2D eigenvalue weighted by Gasteiger charge is -2.32. The van der Waals surface area contributed by atoms with Gasteiger partial charge in [0.25, 0.3) is 0 Å². The molecule has 0 heterocycles. The molecule has 32 nitrogen and oxygen atoms in total. The molecule has 16 N–H and O–H groups in total. The highest BCUT2D eigenvalue weighted by atomic mass is 32.2. The van der Waals surface area contributed by atoms with Gasteiger partial charge < -0.3 is 55.7 Å². The van der Waals surface area contributed by atoms with Crippen LogP contribution in [-0.2, 0) is 79.8 Å². The standard InChI is InChI=1S/C59H115N17O15S5/c1-42(2)26-47(11)29-73(93(84,85)25-22-60)36-55(79)69-50(21-17-24-67-59(64)65)31-75(94(86,87)39-45(7)8)37-56(80)68-49(20-16-23-66-58(62)63)30-72(92(12,82)83)35-54(78)70-52(28-44(5)6)33-76(95(88,89)40-46(9)10)38-57(81)71-51(27-43(3)4)32-74(34-53(61)77)96(90,91)41-48-18-14-13-15-19-48/h13-15,18-19,42-47,49-52H,16-17,20-41,60H2,1-12H3,(H2,61,77)(H,68,80)(H,69,79)(H,70,78)(H,71,81)(H4,62,63,66)(H4,64,65,67)/t47-,49-,50-,51-,52-/m0/s1. The van der Waals surface area contributed by atoms with Crippen LogP contribution in [0.25, 0.3) is 0 Å². The molecule has 0 saturated carbocycles. The molecule has 0 aromatic heterocycles. The van der Waals surface area contributed by atoms with Gasteiger partial charge in [0.05, 0.1) is 62.0 Å². The maximum Gasteiger partial charge on any atom is 0.235 e. The number of hydrogen-bond donors (Lipinski definition) is 10. The normalized spacial score (nSPS) is 14.4. The first kappa shape index (κ1) is 88.6. The van der Waals surface area contributed by atoms with Gasteiger partial charge in [-0.15, -0.1) is 0 Å². The summed E-state index contributed by atoms with van der Waals surface area (Å²) in [5.41, 5.74) is 33.9. The number of carbonyl (C=O) groups is 5. The second-order valence-electron chi connectivity index (χ2n) is 26.8. The minimum absolute atomic E-state index is 0.000312. The zero-order valence-electron chi connectivity index (χ0n) is 58.4. The summed E-state index contributed by atoms with van der Waals surface area (Å²) in [4.78, 5) is 77.1. The maximum atomic E-state index is 14.4. The van der Waals surface area contributed by atoms with Gasteiger partial charge in [0.2, 0.25) is 79.7 Å². The van der Waals surface area contributed by atoms with Crippen molar-refractivity contribution in [2.75, 3.05) is 109 Å². The Balaban J connectivity index is 3.80. The van der Waals surface area contributed by atoms with Crippen molar-refractivity contribution in [1.82, 2.24) is 42.8 Å². The summed E-state index contributed by atoms with van der Waals surface area (Å²) in [5.74, 6) is -7.89. The van der Waals surface area contributed by atoms with Crippen LogP contribution in [0.3, 0.4) is 0 Å². The number of rotatable bonds is 51. The van der Waals surface area contributed by atoms with Crippen LogP contribution in [0.2, 0.25) is 0 Å². The fourth-order valence-electron chi connectivity index (χ4n) is 10.8. The maximum absolute atomic E-state index is 14.4. The molecule has 5 amide bonds. The number of primary amides is 1. The SMILES string of the molecule is CC(C)C[C@H](C)CN(CC(=O)N[C@@H](CCCN=C(N)N)CN(CC(=O)N[C@@H](CCCN=C(N)N)CN(CC(=O)N[C@@H](CC(C)C)CN(CC(=O)N[C@@H](CC(C)C)CN(CC(N)=O)S(=O)(=O)Cc1ccccc1)S(=O)(=O)CC(C)C)S(C)(=O)=O)S(=O)(=O)CC(C)C)S(=O)(=O)CCN. The van der Waals surface area contributed by atoms with E-state index in [9.17, 15) is 66.1 Å². The lowest BCUT2D eigenvalue weighted by atomic mass is 9.99. The van der Waals surface area contributed by atoms with E-state index in [1.54, 1.807) is 71.9 Å². The third-order valence-electron chi connectivity index (χ3n) is 14.4. The van der Waals surface area contributed by atoms with Crippen LogP contribution in [-0.4, -0.2) is 238 Å². The molecular weight excluding hydrogens is 1350 g/mol. The van der Waals surface area contributed by atoms with Crippen molar-refractivity contribution >= 4 is 91.6 Å². The van der Waals surface area contributed by atoms with Gasteiger partial charge in [0.1, 0.15) is 0 Å². The van der Waals surface area contributed by atoms with Gasteiger partial charge in [-0.1, -0.05) is 106 Å². The molecule has 556 valence electrons. The fourth-order valence-corrected chi connectivity index (χ4v) is 18.0. The highest BCUT2D eigenvalue weighted by Crippen LogP contribution is 2.20. The second kappa shape index (κ2) is 42.5. The van der Waals surface area contributed by atoms with Crippen molar-refractivity contribution in [2.45, 2.75) is 151 Å². The lowest BCUT2D eigenvalue weighted by Crippen LogP contribution is -2.55. The number of carbonyl (C=O) groups excluding carboxylic acids is 5. The number of guanidine groups is 2. The Morgan fingerprint density at radius 1 is 0.438 bits per heavy atom. The molecular formula is C59H115N17O15S5. The van der Waals surface area contributed by atoms with E-state index < -0.39 is 191 Å². The molecule has 0 radical (unpaired) electrons. The Kier molecular flexibility index (Phi) is 39.3. The number of sulfonamides is 5. The number of amides is 5. The third kappa shape index (κ3) is 38.1. The quantitative estimate of drug-likeness (QED) is 0.0203.